The Morgan fingerprint density at radius 3 is 0.943 bits per heavy atom. The first kappa shape index (κ1) is 102. The van der Waals surface area contributed by atoms with E-state index in [1.54, 1.807) is 160 Å². The van der Waals surface area contributed by atoms with Crippen LogP contribution in [-0.4, -0.2) is 101 Å². The van der Waals surface area contributed by atoms with E-state index in [0.717, 1.165) is 81.9 Å². The number of aryl methyl sites for hydroxylation is 2. The second-order valence-corrected chi connectivity index (χ2v) is 38.1. The molecule has 722 valence electrons. The molecule has 0 aliphatic heterocycles. The number of hydrogen-bond donors (Lipinski definition) is 2. The molecule has 14 aromatic carbocycles. The van der Waals surface area contributed by atoms with Crippen LogP contribution in [0.4, 0.5) is 43.9 Å². The van der Waals surface area contributed by atoms with E-state index in [1.807, 2.05) is 111 Å². The standard InChI is InChI=1S/2C43H36O5.C22H18F10O8P2S2/c2*1-29-7-5-10-40(27-29)48-38-21-13-31(14-22-38)42(45)33-9-6-8-32(28-33)41(44)30-11-19-37(20-12-30)47-39-25-17-35(18-26-39)43(2,3)34-15-23-36(46-4)24-16-34;1-15(23)18(27,28)22(32,42)19(15,29)38-12-6-4-10(8-14(12)44(34,35)36)9-3-5-11(13(7-9)43-40-39-33)37-20(30)17(25,26)16(2,24)21(20,31)41/h2*5-28H,1-4H3;3-8,33H,41-42H2,1-2H3,(H,34,35,36). The van der Waals surface area contributed by atoms with Crippen LogP contribution in [0.3, 0.4) is 0 Å². The van der Waals surface area contributed by atoms with Gasteiger partial charge in [-0.2, -0.15) is 34.8 Å². The van der Waals surface area contributed by atoms with E-state index in [-0.39, 0.29) is 71.0 Å². The minimum absolute atomic E-state index is 0.0450. The number of ketones is 4. The van der Waals surface area contributed by atoms with Gasteiger partial charge in [-0.05, 0) is 278 Å². The van der Waals surface area contributed by atoms with Crippen molar-refractivity contribution in [1.29, 1.82) is 0 Å². The summed E-state index contributed by atoms with van der Waals surface area (Å²) in [4.78, 5) is 51.3. The Bertz CT molecular complexity index is 6700. The predicted molar refractivity (Wildman–Crippen MR) is 515 cm³/mol. The average molecular weight is 1990 g/mol. The zero-order valence-corrected chi connectivity index (χ0v) is 80.3. The van der Waals surface area contributed by atoms with Gasteiger partial charge in [0, 0.05) is 55.3 Å². The molecular weight excluding hydrogens is 1900 g/mol. The van der Waals surface area contributed by atoms with Gasteiger partial charge in [0.2, 0.25) is 16.7 Å². The number of ether oxygens (including phenoxy) is 8. The molecule has 2 saturated carbocycles. The van der Waals surface area contributed by atoms with E-state index in [0.29, 0.717) is 97.2 Å². The second kappa shape index (κ2) is 40.4. The topological polar surface area (TPSA) is 235 Å². The predicted octanol–water partition coefficient (Wildman–Crippen LogP) is 27.7. The van der Waals surface area contributed by atoms with Crippen molar-refractivity contribution in [3.63, 3.8) is 0 Å². The Balaban J connectivity index is 0.000000167. The number of carbonyl (C=O) groups is 4. The van der Waals surface area contributed by atoms with Gasteiger partial charge in [-0.15, -0.1) is 4.33 Å². The molecule has 2 aliphatic rings. The molecule has 16 rings (SSSR count). The lowest BCUT2D eigenvalue weighted by atomic mass is 9.70. The molecule has 18 nitrogen and oxygen atoms in total. The lowest BCUT2D eigenvalue weighted by Gasteiger charge is -2.58. The maximum Gasteiger partial charge on any atom is 0.356 e. The van der Waals surface area contributed by atoms with Gasteiger partial charge in [0.25, 0.3) is 15.5 Å². The summed E-state index contributed by atoms with van der Waals surface area (Å²) in [5.74, 6) is -15.1. The van der Waals surface area contributed by atoms with Crippen LogP contribution in [0.5, 0.6) is 69.0 Å². The smallest absolute Gasteiger partial charge is 0.356 e. The zero-order chi connectivity index (χ0) is 101. The fourth-order valence-electron chi connectivity index (χ4n) is 15.6. The van der Waals surface area contributed by atoms with E-state index >= 15 is 8.78 Å². The monoisotopic (exact) mass is 1990 g/mol. The van der Waals surface area contributed by atoms with Crippen molar-refractivity contribution in [2.75, 3.05) is 14.2 Å². The number of halogens is 10. The third-order valence-electron chi connectivity index (χ3n) is 24.4. The lowest BCUT2D eigenvalue weighted by Crippen LogP contribution is -2.86. The summed E-state index contributed by atoms with van der Waals surface area (Å²) in [5, 5.41) is 3.47. The van der Waals surface area contributed by atoms with Gasteiger partial charge in [0.15, 0.2) is 23.1 Å². The normalized spacial score (nSPS) is 19.4. The molecule has 0 spiro atoms. The molecule has 14 aromatic rings. The quantitative estimate of drug-likeness (QED) is 0.00781. The highest BCUT2D eigenvalue weighted by Gasteiger charge is 2.96. The Kier molecular flexibility index (Phi) is 29.5. The number of rotatable bonds is 31. The first-order chi connectivity index (χ1) is 66.1. The fraction of sp³-hybridized carbons (Fsp3) is 0.185. The zero-order valence-electron chi connectivity index (χ0n) is 76.4. The largest absolute Gasteiger partial charge is 0.497 e. The molecule has 32 heteroatoms. The van der Waals surface area contributed by atoms with Crippen LogP contribution in [0.15, 0.2) is 337 Å². The highest BCUT2D eigenvalue weighted by atomic mass is 32.2. The summed E-state index contributed by atoms with van der Waals surface area (Å²) in [6.07, 6.45) is 0. The van der Waals surface area contributed by atoms with Gasteiger partial charge in [-0.3, -0.25) is 23.7 Å². The summed E-state index contributed by atoms with van der Waals surface area (Å²) in [6, 6.07) is 93.8. The summed E-state index contributed by atoms with van der Waals surface area (Å²) in [7, 11) is -0.436. The molecule has 8 unspecified atom stereocenters. The van der Waals surface area contributed by atoms with Gasteiger partial charge < -0.3 is 37.9 Å². The minimum Gasteiger partial charge on any atom is -0.497 e. The van der Waals surface area contributed by atoms with Crippen molar-refractivity contribution in [1.82, 2.24) is 0 Å². The Hall–Kier alpha value is -13.5. The van der Waals surface area contributed by atoms with E-state index in [4.69, 9.17) is 33.7 Å². The number of alkyl halides is 10. The molecule has 0 bridgehead atoms. The molecular formula is C108H90F10O18P2S2. The van der Waals surface area contributed by atoms with Crippen LogP contribution in [0.1, 0.15) is 139 Å². The molecule has 140 heavy (non-hydrogen) atoms. The molecule has 0 amide bonds. The van der Waals surface area contributed by atoms with E-state index < -0.39 is 77.1 Å². The summed E-state index contributed by atoms with van der Waals surface area (Å²) < 4.78 is 226. The van der Waals surface area contributed by atoms with Crippen LogP contribution in [0.2, 0.25) is 0 Å². The van der Waals surface area contributed by atoms with Gasteiger partial charge in [0.05, 0.1) is 31.2 Å². The molecule has 2 fully saturated rings. The van der Waals surface area contributed by atoms with E-state index in [9.17, 15) is 67.3 Å². The van der Waals surface area contributed by atoms with Crippen molar-refractivity contribution in [3.8, 4) is 80.1 Å². The van der Waals surface area contributed by atoms with Gasteiger partial charge >= 0.3 is 23.6 Å². The Morgan fingerprint density at radius 1 is 0.336 bits per heavy atom. The van der Waals surface area contributed by atoms with Crippen LogP contribution < -0.4 is 37.9 Å². The van der Waals surface area contributed by atoms with Gasteiger partial charge in [0.1, 0.15) is 73.9 Å². The minimum atomic E-state index is -5.46. The van der Waals surface area contributed by atoms with Crippen LogP contribution in [0, 0.1) is 13.8 Å². The van der Waals surface area contributed by atoms with E-state index in [2.05, 4.69) is 95.1 Å². The van der Waals surface area contributed by atoms with Crippen molar-refractivity contribution in [3.05, 3.63) is 405 Å². The molecule has 2 N–H and O–H groups in total. The van der Waals surface area contributed by atoms with E-state index in [1.165, 1.54) is 11.1 Å². The summed E-state index contributed by atoms with van der Waals surface area (Å²) >= 11 is -0.0684. The van der Waals surface area contributed by atoms with Crippen molar-refractivity contribution < 1.29 is 129 Å². The Labute approximate surface area is 809 Å². The van der Waals surface area contributed by atoms with Crippen LogP contribution in [0.25, 0.3) is 11.1 Å². The van der Waals surface area contributed by atoms with Gasteiger partial charge in [-0.25, -0.2) is 22.8 Å². The third-order valence-corrected chi connectivity index (χ3v) is 27.5. The SMILES string of the molecule is CC1(F)C(F)(F)C(F)(Oc2ccc(-c3ccc(OC4(F)C(C)(F)C(F)(F)C4(F)P)c(S(=O)(=O)O)c3)cc2SOOO)C1(F)P.COc1ccc(C(C)(C)c2ccc(Oc3ccc(C(=O)c4cccc(C(=O)c5ccc(Oc6cccc(C)c6)cc5)c4)cc3)cc2)cc1.COc1ccc(C(C)(C)c2ccc(Oc3ccc(C(=O)c4cccc(C(=O)c5ccc(Oc6cccc(C)c6)cc5)c4)cc3)cc2)cc1. The first-order valence-electron chi connectivity index (χ1n) is 43.0. The first-order valence-corrected chi connectivity index (χ1v) is 46.3. The molecule has 0 aromatic heterocycles. The summed E-state index contributed by atoms with van der Waals surface area (Å²) in [5.41, 5.74) is 1.35. The third kappa shape index (κ3) is 20.5. The fourth-order valence-corrected chi connectivity index (χ4v) is 17.7. The number of hydrogen-bond acceptors (Lipinski definition) is 18. The highest BCUT2D eigenvalue weighted by molar-refractivity contribution is 7.94. The van der Waals surface area contributed by atoms with Crippen molar-refractivity contribution in [2.24, 2.45) is 0 Å². The number of carbonyl (C=O) groups excluding carboxylic acids is 4. The average Bonchev–Trinajstić information content (AvgIpc) is 0.663. The molecule has 0 heterocycles. The summed E-state index contributed by atoms with van der Waals surface area (Å²) in [6.45, 7) is 12.8. The molecule has 8 atom stereocenters. The number of methoxy groups -OCH3 is 2. The molecule has 0 radical (unpaired) electrons. The van der Waals surface area contributed by atoms with Crippen LogP contribution >= 0.6 is 30.5 Å². The maximum atomic E-state index is 15.2. The van der Waals surface area contributed by atoms with Crippen molar-refractivity contribution in [2.45, 2.75) is 122 Å². The second-order valence-electron chi connectivity index (χ2n) is 34.4. The maximum absolute atomic E-state index is 15.2. The Morgan fingerprint density at radius 2 is 0.636 bits per heavy atom. The van der Waals surface area contributed by atoms with Crippen molar-refractivity contribution >= 4 is 63.8 Å². The number of benzene rings is 14. The molecule has 0 saturated heterocycles. The van der Waals surface area contributed by atoms with Gasteiger partial charge in [-0.1, -0.05) is 173 Å². The highest BCUT2D eigenvalue weighted by Crippen LogP contribution is 2.72. The molecule has 2 aliphatic carbocycles. The lowest BCUT2D eigenvalue weighted by molar-refractivity contribution is -0.432. The van der Waals surface area contributed by atoms with Crippen LogP contribution in [-0.2, 0) is 30.3 Å².